The molecule has 1 aromatic heterocycles. The van der Waals surface area contributed by atoms with Crippen LogP contribution in [0.1, 0.15) is 5.56 Å². The summed E-state index contributed by atoms with van der Waals surface area (Å²) < 4.78 is 5.24. The van der Waals surface area contributed by atoms with E-state index in [1.807, 2.05) is 29.6 Å². The summed E-state index contributed by atoms with van der Waals surface area (Å²) in [5.74, 6) is 0.675. The van der Waals surface area contributed by atoms with Gasteiger partial charge in [-0.2, -0.15) is 16.4 Å². The lowest BCUT2D eigenvalue weighted by Gasteiger charge is -2.06. The van der Waals surface area contributed by atoms with E-state index < -0.39 is 6.03 Å². The van der Waals surface area contributed by atoms with Gasteiger partial charge in [0.25, 0.3) is 0 Å². The molecule has 1 heterocycles. The minimum atomic E-state index is -0.704. The van der Waals surface area contributed by atoms with Gasteiger partial charge < -0.3 is 10.5 Å². The number of thiophene rings is 1. The first-order valence-corrected chi connectivity index (χ1v) is 6.44. The van der Waals surface area contributed by atoms with E-state index in [2.05, 4.69) is 15.9 Å². The van der Waals surface area contributed by atoms with Gasteiger partial charge in [0, 0.05) is 5.56 Å². The van der Waals surface area contributed by atoms with Gasteiger partial charge in [-0.1, -0.05) is 6.07 Å². The van der Waals surface area contributed by atoms with E-state index in [9.17, 15) is 4.79 Å². The van der Waals surface area contributed by atoms with Crippen LogP contribution in [0.3, 0.4) is 0 Å². The number of nitrogens with one attached hydrogen (secondary N) is 1. The predicted molar refractivity (Wildman–Crippen MR) is 76.6 cm³/mol. The molecule has 0 aliphatic rings. The number of rotatable bonds is 4. The van der Waals surface area contributed by atoms with E-state index in [4.69, 9.17) is 10.5 Å². The van der Waals surface area contributed by atoms with E-state index in [1.165, 1.54) is 6.21 Å². The Kier molecular flexibility index (Phi) is 4.15. The molecule has 0 spiro atoms. The summed E-state index contributed by atoms with van der Waals surface area (Å²) in [4.78, 5) is 10.6. The second kappa shape index (κ2) is 6.01. The number of amides is 2. The Morgan fingerprint density at radius 2 is 2.26 bits per heavy atom. The third-order valence-electron chi connectivity index (χ3n) is 2.46. The highest BCUT2D eigenvalue weighted by atomic mass is 32.1. The van der Waals surface area contributed by atoms with E-state index in [1.54, 1.807) is 18.4 Å². The van der Waals surface area contributed by atoms with Gasteiger partial charge >= 0.3 is 6.03 Å². The van der Waals surface area contributed by atoms with Gasteiger partial charge in [-0.15, -0.1) is 0 Å². The molecule has 5 nitrogen and oxygen atoms in total. The van der Waals surface area contributed by atoms with Crippen LogP contribution in [-0.4, -0.2) is 19.4 Å². The summed E-state index contributed by atoms with van der Waals surface area (Å²) in [7, 11) is 1.58. The highest BCUT2D eigenvalue weighted by Crippen LogP contribution is 2.27. The average Bonchev–Trinajstić information content (AvgIpc) is 2.92. The van der Waals surface area contributed by atoms with Crippen molar-refractivity contribution in [3.63, 3.8) is 0 Å². The number of carbonyl (C=O) groups excluding carboxylic acids is 1. The zero-order valence-electron chi connectivity index (χ0n) is 10.3. The van der Waals surface area contributed by atoms with Crippen LogP contribution in [-0.2, 0) is 0 Å². The van der Waals surface area contributed by atoms with Gasteiger partial charge in [0.2, 0.25) is 0 Å². The molecule has 19 heavy (non-hydrogen) atoms. The lowest BCUT2D eigenvalue weighted by Crippen LogP contribution is -2.24. The maximum Gasteiger partial charge on any atom is 0.332 e. The van der Waals surface area contributed by atoms with Crippen LogP contribution in [0.4, 0.5) is 4.79 Å². The molecular formula is C13H13N3O2S. The second-order valence-corrected chi connectivity index (χ2v) is 4.48. The number of carbonyl (C=O) groups is 1. The van der Waals surface area contributed by atoms with Crippen LogP contribution in [0.5, 0.6) is 5.75 Å². The molecule has 2 rings (SSSR count). The maximum atomic E-state index is 10.6. The Morgan fingerprint density at radius 3 is 2.89 bits per heavy atom. The van der Waals surface area contributed by atoms with Gasteiger partial charge in [0.05, 0.1) is 13.3 Å². The Labute approximate surface area is 114 Å². The quantitative estimate of drug-likeness (QED) is 0.664. The fourth-order valence-corrected chi connectivity index (χ4v) is 2.27. The fourth-order valence-electron chi connectivity index (χ4n) is 1.61. The van der Waals surface area contributed by atoms with Crippen molar-refractivity contribution in [2.75, 3.05) is 7.11 Å². The van der Waals surface area contributed by atoms with E-state index in [0.29, 0.717) is 5.75 Å². The summed E-state index contributed by atoms with van der Waals surface area (Å²) in [6.07, 6.45) is 1.50. The number of nitrogens with two attached hydrogens (primary N) is 1. The molecule has 3 N–H and O–H groups in total. The molecule has 6 heteroatoms. The Balaban J connectivity index is 2.31. The monoisotopic (exact) mass is 275 g/mol. The van der Waals surface area contributed by atoms with Crippen molar-refractivity contribution in [2.45, 2.75) is 0 Å². The lowest BCUT2D eigenvalue weighted by molar-refractivity contribution is 0.249. The molecule has 2 amide bonds. The number of ether oxygens (including phenoxy) is 1. The zero-order chi connectivity index (χ0) is 13.7. The third kappa shape index (κ3) is 3.32. The van der Waals surface area contributed by atoms with E-state index >= 15 is 0 Å². The van der Waals surface area contributed by atoms with Crippen molar-refractivity contribution < 1.29 is 9.53 Å². The first-order chi connectivity index (χ1) is 9.20. The molecule has 0 saturated heterocycles. The van der Waals surface area contributed by atoms with E-state index in [0.717, 1.165) is 16.7 Å². The first-order valence-electron chi connectivity index (χ1n) is 5.50. The smallest absolute Gasteiger partial charge is 0.332 e. The highest BCUT2D eigenvalue weighted by molar-refractivity contribution is 7.08. The van der Waals surface area contributed by atoms with Crippen molar-refractivity contribution in [1.29, 1.82) is 0 Å². The number of nitrogens with zero attached hydrogens (tertiary/aromatic N) is 1. The third-order valence-corrected chi connectivity index (χ3v) is 3.15. The SMILES string of the molecule is COc1ccc(-c2ccsc2)cc1/C=N/NC(N)=O. The number of methoxy groups -OCH3 is 1. The largest absolute Gasteiger partial charge is 0.496 e. The van der Waals surface area contributed by atoms with Gasteiger partial charge in [0.15, 0.2) is 0 Å². The standard InChI is InChI=1S/C13H13N3O2S/c1-18-12-3-2-9(10-4-5-19-8-10)6-11(12)7-15-16-13(14)17/h2-8H,1H3,(H3,14,16,17)/b15-7+. The van der Waals surface area contributed by atoms with Gasteiger partial charge in [0.1, 0.15) is 5.75 Å². The molecule has 1 aromatic carbocycles. The topological polar surface area (TPSA) is 76.7 Å². The first kappa shape index (κ1) is 13.1. The van der Waals surface area contributed by atoms with Crippen LogP contribution in [0, 0.1) is 0 Å². The number of benzene rings is 1. The maximum absolute atomic E-state index is 10.6. The Bertz CT molecular complexity index is 594. The normalized spacial score (nSPS) is 10.6. The summed E-state index contributed by atoms with van der Waals surface area (Å²) in [5, 5.41) is 7.82. The molecule has 0 saturated carbocycles. The van der Waals surface area contributed by atoms with Crippen molar-refractivity contribution in [1.82, 2.24) is 5.43 Å². The van der Waals surface area contributed by atoms with Crippen molar-refractivity contribution in [2.24, 2.45) is 10.8 Å². The van der Waals surface area contributed by atoms with Crippen molar-refractivity contribution in [3.05, 3.63) is 40.6 Å². The van der Waals surface area contributed by atoms with Gasteiger partial charge in [-0.3, -0.25) is 0 Å². The molecule has 98 valence electrons. The molecule has 0 aliphatic heterocycles. The van der Waals surface area contributed by atoms with Crippen LogP contribution < -0.4 is 15.9 Å². The van der Waals surface area contributed by atoms with Gasteiger partial charge in [-0.25, -0.2) is 10.2 Å². The predicted octanol–water partition coefficient (Wildman–Crippen LogP) is 2.43. The summed E-state index contributed by atoms with van der Waals surface area (Å²) >= 11 is 1.63. The van der Waals surface area contributed by atoms with Crippen molar-refractivity contribution >= 4 is 23.6 Å². The average molecular weight is 275 g/mol. The molecule has 0 aliphatic carbocycles. The van der Waals surface area contributed by atoms with E-state index in [-0.39, 0.29) is 0 Å². The molecule has 0 fully saturated rings. The summed E-state index contributed by atoms with van der Waals surface area (Å²) in [6, 6.07) is 7.10. The Hall–Kier alpha value is -2.34. The number of hydrogen-bond acceptors (Lipinski definition) is 4. The lowest BCUT2D eigenvalue weighted by atomic mass is 10.1. The molecule has 0 bridgehead atoms. The zero-order valence-corrected chi connectivity index (χ0v) is 11.1. The fraction of sp³-hybridized carbons (Fsp3) is 0.0769. The molecule has 0 unspecified atom stereocenters. The van der Waals surface area contributed by atoms with Crippen LogP contribution in [0.2, 0.25) is 0 Å². The summed E-state index contributed by atoms with van der Waals surface area (Å²) in [5.41, 5.74) is 10.0. The number of primary amides is 1. The Morgan fingerprint density at radius 1 is 1.42 bits per heavy atom. The molecule has 2 aromatic rings. The minimum absolute atomic E-state index is 0.675. The van der Waals surface area contributed by atoms with Crippen LogP contribution in [0.25, 0.3) is 11.1 Å². The number of hydrogen-bond donors (Lipinski definition) is 2. The molecule has 0 radical (unpaired) electrons. The summed E-state index contributed by atoms with van der Waals surface area (Å²) in [6.45, 7) is 0. The second-order valence-electron chi connectivity index (χ2n) is 3.70. The number of hydrazone groups is 1. The minimum Gasteiger partial charge on any atom is -0.496 e. The van der Waals surface area contributed by atoms with Crippen LogP contribution >= 0.6 is 11.3 Å². The van der Waals surface area contributed by atoms with Crippen molar-refractivity contribution in [3.8, 4) is 16.9 Å². The highest BCUT2D eigenvalue weighted by Gasteiger charge is 2.04. The molecular weight excluding hydrogens is 262 g/mol. The molecule has 0 atom stereocenters. The number of urea groups is 1. The van der Waals surface area contributed by atoms with Gasteiger partial charge in [-0.05, 0) is 40.1 Å². The van der Waals surface area contributed by atoms with Crippen LogP contribution in [0.15, 0.2) is 40.1 Å².